The van der Waals surface area contributed by atoms with Crippen molar-refractivity contribution in [3.63, 3.8) is 0 Å². The molecule has 1 aromatic rings. The topological polar surface area (TPSA) is 60.4 Å². The van der Waals surface area contributed by atoms with Gasteiger partial charge in [0, 0.05) is 19.3 Å². The predicted molar refractivity (Wildman–Crippen MR) is 66.4 cm³/mol. The van der Waals surface area contributed by atoms with E-state index in [1.807, 2.05) is 0 Å². The van der Waals surface area contributed by atoms with Crippen molar-refractivity contribution in [3.05, 3.63) is 35.4 Å². The smallest absolute Gasteiger partial charge is 0.337 e. The lowest BCUT2D eigenvalue weighted by Gasteiger charge is -2.02. The minimum Gasteiger partial charge on any atom is -0.465 e. The number of rotatable bonds is 6. The zero-order valence-electron chi connectivity index (χ0n) is 10.6. The molecule has 0 amide bonds. The van der Waals surface area contributed by atoms with Crippen LogP contribution in [0.4, 0.5) is 0 Å². The van der Waals surface area contributed by atoms with Crippen LogP contribution in [-0.2, 0) is 20.7 Å². The van der Waals surface area contributed by atoms with Crippen molar-refractivity contribution in [2.45, 2.75) is 26.2 Å². The average molecular weight is 248 g/mol. The number of methoxy groups -OCH3 is 1. The molecule has 0 aliphatic rings. The van der Waals surface area contributed by atoms with E-state index in [0.29, 0.717) is 12.0 Å². The van der Waals surface area contributed by atoms with Crippen LogP contribution in [-0.4, -0.2) is 24.6 Å². The molecule has 0 saturated carbocycles. The number of ether oxygens (including phenoxy) is 1. The van der Waals surface area contributed by atoms with Gasteiger partial charge in [0.15, 0.2) is 0 Å². The lowest BCUT2D eigenvalue weighted by molar-refractivity contribution is -0.122. The van der Waals surface area contributed by atoms with Crippen molar-refractivity contribution in [3.8, 4) is 0 Å². The first-order valence-corrected chi connectivity index (χ1v) is 5.71. The molecule has 0 aliphatic heterocycles. The van der Waals surface area contributed by atoms with Crippen molar-refractivity contribution < 1.29 is 19.1 Å². The van der Waals surface area contributed by atoms with Gasteiger partial charge in [0.1, 0.15) is 11.6 Å². The first-order valence-electron chi connectivity index (χ1n) is 5.71. The highest BCUT2D eigenvalue weighted by molar-refractivity contribution is 5.89. The number of esters is 1. The Hall–Kier alpha value is -1.97. The van der Waals surface area contributed by atoms with Crippen molar-refractivity contribution >= 4 is 17.5 Å². The Morgan fingerprint density at radius 2 is 1.67 bits per heavy atom. The van der Waals surface area contributed by atoms with Gasteiger partial charge in [-0.2, -0.15) is 0 Å². The van der Waals surface area contributed by atoms with Gasteiger partial charge in [0.05, 0.1) is 12.7 Å². The van der Waals surface area contributed by atoms with Gasteiger partial charge in [-0.15, -0.1) is 0 Å². The number of carbonyl (C=O) groups excluding carboxylic acids is 3. The second kappa shape index (κ2) is 6.69. The summed E-state index contributed by atoms with van der Waals surface area (Å²) in [4.78, 5) is 33.5. The highest BCUT2D eigenvalue weighted by atomic mass is 16.5. The maximum Gasteiger partial charge on any atom is 0.337 e. The van der Waals surface area contributed by atoms with Gasteiger partial charge >= 0.3 is 5.97 Å². The number of Topliss-reactive ketones (excluding diaryl/α,β-unsaturated/α-hetero) is 2. The van der Waals surface area contributed by atoms with E-state index < -0.39 is 5.97 Å². The number of hydrogen-bond donors (Lipinski definition) is 0. The predicted octanol–water partition coefficient (Wildman–Crippen LogP) is 1.95. The molecule has 0 saturated heterocycles. The zero-order chi connectivity index (χ0) is 13.5. The lowest BCUT2D eigenvalue weighted by atomic mass is 10.0. The van der Waals surface area contributed by atoms with Crippen LogP contribution in [0.25, 0.3) is 0 Å². The molecule has 0 aromatic heterocycles. The summed E-state index contributed by atoms with van der Waals surface area (Å²) < 4.78 is 4.58. The van der Waals surface area contributed by atoms with Crippen molar-refractivity contribution in [2.24, 2.45) is 0 Å². The summed E-state index contributed by atoms with van der Waals surface area (Å²) in [7, 11) is 1.32. The van der Waals surface area contributed by atoms with E-state index in [0.717, 1.165) is 5.56 Å². The Morgan fingerprint density at radius 1 is 1.06 bits per heavy atom. The molecule has 0 bridgehead atoms. The van der Waals surface area contributed by atoms with Crippen LogP contribution >= 0.6 is 0 Å². The quantitative estimate of drug-likeness (QED) is 0.722. The summed E-state index contributed by atoms with van der Waals surface area (Å²) in [5, 5.41) is 0. The van der Waals surface area contributed by atoms with Crippen molar-refractivity contribution in [1.82, 2.24) is 0 Å². The van der Waals surface area contributed by atoms with Crippen molar-refractivity contribution in [2.75, 3.05) is 7.11 Å². The highest BCUT2D eigenvalue weighted by Crippen LogP contribution is 2.08. The number of ketones is 2. The SMILES string of the molecule is COC(=O)c1ccc(CC(=O)CCC(C)=O)cc1. The van der Waals surface area contributed by atoms with E-state index >= 15 is 0 Å². The maximum absolute atomic E-state index is 11.5. The second-order valence-electron chi connectivity index (χ2n) is 4.11. The third-order valence-corrected chi connectivity index (χ3v) is 2.53. The van der Waals surface area contributed by atoms with Gasteiger partial charge in [-0.3, -0.25) is 4.79 Å². The van der Waals surface area contributed by atoms with E-state index in [4.69, 9.17) is 0 Å². The molecular formula is C14H16O4. The molecule has 0 N–H and O–H groups in total. The summed E-state index contributed by atoms with van der Waals surface area (Å²) in [5.41, 5.74) is 1.29. The number of hydrogen-bond acceptors (Lipinski definition) is 4. The molecule has 1 rings (SSSR count). The summed E-state index contributed by atoms with van der Waals surface area (Å²) in [6.07, 6.45) is 0.849. The molecule has 0 unspecified atom stereocenters. The summed E-state index contributed by atoms with van der Waals surface area (Å²) in [6.45, 7) is 1.47. The highest BCUT2D eigenvalue weighted by Gasteiger charge is 2.07. The van der Waals surface area contributed by atoms with Crippen LogP contribution in [0.1, 0.15) is 35.7 Å². The molecule has 4 nitrogen and oxygen atoms in total. The van der Waals surface area contributed by atoms with Gasteiger partial charge in [0.2, 0.25) is 0 Å². The standard InChI is InChI=1S/C14H16O4/c1-10(15)3-8-13(16)9-11-4-6-12(7-5-11)14(17)18-2/h4-7H,3,8-9H2,1-2H3. The Labute approximate surface area is 106 Å². The van der Waals surface area contributed by atoms with E-state index in [9.17, 15) is 14.4 Å². The molecule has 0 radical (unpaired) electrons. The Balaban J connectivity index is 2.55. The molecule has 18 heavy (non-hydrogen) atoms. The Kier molecular flexibility index (Phi) is 5.24. The van der Waals surface area contributed by atoms with Crippen LogP contribution in [0.5, 0.6) is 0 Å². The lowest BCUT2D eigenvalue weighted by Crippen LogP contribution is -2.06. The van der Waals surface area contributed by atoms with Crippen LogP contribution in [0.3, 0.4) is 0 Å². The van der Waals surface area contributed by atoms with Crippen molar-refractivity contribution in [1.29, 1.82) is 0 Å². The molecule has 0 fully saturated rings. The number of carbonyl (C=O) groups is 3. The number of benzene rings is 1. The molecule has 1 aromatic carbocycles. The third kappa shape index (κ3) is 4.49. The third-order valence-electron chi connectivity index (χ3n) is 2.53. The van der Waals surface area contributed by atoms with Gasteiger partial charge < -0.3 is 9.53 Å². The van der Waals surface area contributed by atoms with Gasteiger partial charge in [-0.25, -0.2) is 4.79 Å². The minimum atomic E-state index is -0.399. The normalized spacial score (nSPS) is 9.89. The van der Waals surface area contributed by atoms with Crippen LogP contribution < -0.4 is 0 Å². The molecule has 0 heterocycles. The fourth-order valence-electron chi connectivity index (χ4n) is 1.51. The van der Waals surface area contributed by atoms with Gasteiger partial charge in [-0.1, -0.05) is 12.1 Å². The van der Waals surface area contributed by atoms with E-state index in [2.05, 4.69) is 4.74 Å². The molecule has 4 heteroatoms. The summed E-state index contributed by atoms with van der Waals surface area (Å²) in [6, 6.07) is 6.69. The molecule has 0 spiro atoms. The monoisotopic (exact) mass is 248 g/mol. The van der Waals surface area contributed by atoms with E-state index in [1.54, 1.807) is 24.3 Å². The molecular weight excluding hydrogens is 232 g/mol. The first kappa shape index (κ1) is 14.1. The van der Waals surface area contributed by atoms with E-state index in [1.165, 1.54) is 14.0 Å². The summed E-state index contributed by atoms with van der Waals surface area (Å²) >= 11 is 0. The van der Waals surface area contributed by atoms with Gasteiger partial charge in [-0.05, 0) is 24.6 Å². The fourth-order valence-corrected chi connectivity index (χ4v) is 1.51. The summed E-state index contributed by atoms with van der Waals surface area (Å²) in [5.74, 6) is -0.357. The second-order valence-corrected chi connectivity index (χ2v) is 4.11. The zero-order valence-corrected chi connectivity index (χ0v) is 10.6. The minimum absolute atomic E-state index is 0.0180. The molecule has 96 valence electrons. The van der Waals surface area contributed by atoms with Gasteiger partial charge in [0.25, 0.3) is 0 Å². The molecule has 0 atom stereocenters. The first-order chi connectivity index (χ1) is 8.52. The maximum atomic E-state index is 11.5. The average Bonchev–Trinajstić information content (AvgIpc) is 2.36. The fraction of sp³-hybridized carbons (Fsp3) is 0.357. The Bertz CT molecular complexity index is 445. The largest absolute Gasteiger partial charge is 0.465 e. The van der Waals surface area contributed by atoms with Crippen LogP contribution in [0, 0.1) is 0 Å². The Morgan fingerprint density at radius 3 is 2.17 bits per heavy atom. The van der Waals surface area contributed by atoms with Crippen LogP contribution in [0.2, 0.25) is 0 Å². The van der Waals surface area contributed by atoms with Crippen LogP contribution in [0.15, 0.2) is 24.3 Å². The van der Waals surface area contributed by atoms with E-state index in [-0.39, 0.29) is 24.4 Å². The molecule has 0 aliphatic carbocycles.